The van der Waals surface area contributed by atoms with Crippen molar-refractivity contribution in [3.8, 4) is 11.5 Å². The fourth-order valence-electron chi connectivity index (χ4n) is 2.03. The Morgan fingerprint density at radius 2 is 2.25 bits per heavy atom. The van der Waals surface area contributed by atoms with Crippen molar-refractivity contribution in [1.29, 1.82) is 0 Å². The molecule has 3 rings (SSSR count). The quantitative estimate of drug-likeness (QED) is 0.921. The summed E-state index contributed by atoms with van der Waals surface area (Å²) >= 11 is 3.44. The molecular weight excluding hydrogens is 326 g/mol. The molecule has 0 fully saturated rings. The van der Waals surface area contributed by atoms with Crippen molar-refractivity contribution >= 4 is 15.9 Å². The first-order valence-electron chi connectivity index (χ1n) is 6.36. The predicted molar refractivity (Wildman–Crippen MR) is 74.6 cm³/mol. The third kappa shape index (κ3) is 2.38. The summed E-state index contributed by atoms with van der Waals surface area (Å²) in [6.45, 7) is 2.27. The second-order valence-corrected chi connectivity index (χ2v) is 5.36. The van der Waals surface area contributed by atoms with E-state index in [9.17, 15) is 0 Å². The molecule has 1 unspecified atom stereocenters. The highest BCUT2D eigenvalue weighted by atomic mass is 79.9. The van der Waals surface area contributed by atoms with Gasteiger partial charge in [-0.1, -0.05) is 12.1 Å². The summed E-state index contributed by atoms with van der Waals surface area (Å²) in [4.78, 5) is 4.31. The van der Waals surface area contributed by atoms with E-state index in [-0.39, 0.29) is 6.79 Å². The first kappa shape index (κ1) is 13.4. The van der Waals surface area contributed by atoms with Crippen LogP contribution in [0, 0.1) is 0 Å². The van der Waals surface area contributed by atoms with E-state index in [1.165, 1.54) is 0 Å². The Labute approximate surface area is 124 Å². The number of nitrogens with zero attached hydrogens (tertiary/aromatic N) is 2. The normalized spacial score (nSPS) is 14.6. The van der Waals surface area contributed by atoms with Crippen molar-refractivity contribution in [2.45, 2.75) is 25.8 Å². The maximum Gasteiger partial charge on any atom is 0.231 e. The van der Waals surface area contributed by atoms with E-state index in [1.54, 1.807) is 0 Å². The lowest BCUT2D eigenvalue weighted by atomic mass is 10.1. The van der Waals surface area contributed by atoms with E-state index in [0.29, 0.717) is 23.2 Å². The summed E-state index contributed by atoms with van der Waals surface area (Å²) in [6, 6.07) is 3.26. The van der Waals surface area contributed by atoms with E-state index < -0.39 is 6.04 Å². The van der Waals surface area contributed by atoms with Crippen LogP contribution in [0.5, 0.6) is 11.5 Å². The van der Waals surface area contributed by atoms with E-state index in [0.717, 1.165) is 22.9 Å². The van der Waals surface area contributed by atoms with Crippen molar-refractivity contribution in [3.05, 3.63) is 33.9 Å². The highest BCUT2D eigenvalue weighted by Gasteiger charge is 2.23. The summed E-state index contributed by atoms with van der Waals surface area (Å²) in [5.41, 5.74) is 7.02. The molecular formula is C13H14BrN3O3. The van der Waals surface area contributed by atoms with Gasteiger partial charge in [0.2, 0.25) is 12.7 Å². The van der Waals surface area contributed by atoms with Gasteiger partial charge in [0.25, 0.3) is 0 Å². The number of ether oxygens (including phenoxy) is 2. The number of aryl methyl sites for hydroxylation is 1. The molecule has 20 heavy (non-hydrogen) atoms. The molecule has 6 nitrogen and oxygen atoms in total. The second kappa shape index (κ2) is 5.41. The van der Waals surface area contributed by atoms with Crippen LogP contribution >= 0.6 is 15.9 Å². The Bertz CT molecular complexity index is 629. The van der Waals surface area contributed by atoms with E-state index in [4.69, 9.17) is 19.7 Å². The lowest BCUT2D eigenvalue weighted by Gasteiger charge is -2.09. The first-order valence-corrected chi connectivity index (χ1v) is 7.15. The van der Waals surface area contributed by atoms with Crippen molar-refractivity contribution < 1.29 is 14.0 Å². The highest BCUT2D eigenvalue weighted by molar-refractivity contribution is 9.10. The Balaban J connectivity index is 1.89. The van der Waals surface area contributed by atoms with Crippen LogP contribution in [0.25, 0.3) is 0 Å². The van der Waals surface area contributed by atoms with Crippen LogP contribution < -0.4 is 15.2 Å². The number of hydrogen-bond donors (Lipinski definition) is 1. The molecule has 2 aromatic rings. The molecule has 0 aliphatic carbocycles. The molecule has 1 aromatic heterocycles. The summed E-state index contributed by atoms with van der Waals surface area (Å²) in [5.74, 6) is 2.44. The lowest BCUT2D eigenvalue weighted by Crippen LogP contribution is -2.13. The third-order valence-corrected chi connectivity index (χ3v) is 3.62. The highest BCUT2D eigenvalue weighted by Crippen LogP contribution is 2.41. The first-order chi connectivity index (χ1) is 9.69. The van der Waals surface area contributed by atoms with Gasteiger partial charge in [0.1, 0.15) is 0 Å². The fraction of sp³-hybridized carbons (Fsp3) is 0.385. The van der Waals surface area contributed by atoms with Crippen LogP contribution in [0.15, 0.2) is 21.1 Å². The molecule has 1 aliphatic heterocycles. The van der Waals surface area contributed by atoms with Gasteiger partial charge in [0, 0.05) is 6.42 Å². The van der Waals surface area contributed by atoms with Crippen LogP contribution in [0.3, 0.4) is 0 Å². The molecule has 106 valence electrons. The summed E-state index contributed by atoms with van der Waals surface area (Å²) in [5, 5.41) is 3.94. The number of hydrogen-bond acceptors (Lipinski definition) is 6. The molecule has 1 atom stereocenters. The maximum absolute atomic E-state index is 6.19. The van der Waals surface area contributed by atoms with Gasteiger partial charge in [0.05, 0.1) is 10.5 Å². The van der Waals surface area contributed by atoms with Crippen LogP contribution in [0.4, 0.5) is 0 Å². The van der Waals surface area contributed by atoms with E-state index >= 15 is 0 Å². The molecule has 1 aliphatic rings. The average Bonchev–Trinajstić information content (AvgIpc) is 3.07. The molecule has 0 saturated heterocycles. The molecule has 0 spiro atoms. The maximum atomic E-state index is 6.19. The predicted octanol–water partition coefficient (Wildman–Crippen LogP) is 2.56. The summed E-state index contributed by atoms with van der Waals surface area (Å²) < 4.78 is 16.7. The number of benzene rings is 1. The van der Waals surface area contributed by atoms with Gasteiger partial charge in [-0.05, 0) is 40.0 Å². The van der Waals surface area contributed by atoms with Gasteiger partial charge in [-0.3, -0.25) is 0 Å². The zero-order valence-corrected chi connectivity index (χ0v) is 12.5. The fourth-order valence-corrected chi connectivity index (χ4v) is 2.60. The Morgan fingerprint density at radius 3 is 3.05 bits per heavy atom. The van der Waals surface area contributed by atoms with Gasteiger partial charge in [-0.15, -0.1) is 0 Å². The van der Waals surface area contributed by atoms with Crippen LogP contribution in [0.2, 0.25) is 0 Å². The van der Waals surface area contributed by atoms with Crippen molar-refractivity contribution in [3.63, 3.8) is 0 Å². The molecule has 1 aromatic carbocycles. The molecule has 2 heterocycles. The molecule has 0 saturated carbocycles. The average molecular weight is 340 g/mol. The molecule has 2 N–H and O–H groups in total. The molecule has 0 amide bonds. The third-order valence-electron chi connectivity index (χ3n) is 3.03. The monoisotopic (exact) mass is 339 g/mol. The summed E-state index contributed by atoms with van der Waals surface area (Å²) in [7, 11) is 0. The minimum atomic E-state index is -0.463. The summed E-state index contributed by atoms with van der Waals surface area (Å²) in [6.07, 6.45) is 1.71. The van der Waals surface area contributed by atoms with Crippen molar-refractivity contribution in [2.75, 3.05) is 6.79 Å². The van der Waals surface area contributed by atoms with Crippen molar-refractivity contribution in [1.82, 2.24) is 10.1 Å². The Kier molecular flexibility index (Phi) is 3.62. The van der Waals surface area contributed by atoms with Crippen LogP contribution in [-0.4, -0.2) is 16.9 Å². The van der Waals surface area contributed by atoms with E-state index in [1.807, 2.05) is 12.1 Å². The molecule has 0 bridgehead atoms. The second-order valence-electron chi connectivity index (χ2n) is 4.51. The SMILES string of the molecule is CCCc1nc(C(N)c2cc(Br)c3c(c2)OCO3)no1. The number of nitrogens with two attached hydrogens (primary N) is 1. The van der Waals surface area contributed by atoms with Gasteiger partial charge >= 0.3 is 0 Å². The van der Waals surface area contributed by atoms with Gasteiger partial charge in [0.15, 0.2) is 17.3 Å². The van der Waals surface area contributed by atoms with Crippen LogP contribution in [0.1, 0.15) is 36.7 Å². The lowest BCUT2D eigenvalue weighted by molar-refractivity contribution is 0.173. The van der Waals surface area contributed by atoms with Gasteiger partial charge in [-0.25, -0.2) is 0 Å². The van der Waals surface area contributed by atoms with Crippen LogP contribution in [-0.2, 0) is 6.42 Å². The number of halogens is 1. The molecule has 7 heteroatoms. The van der Waals surface area contributed by atoms with Gasteiger partial charge < -0.3 is 19.7 Å². The molecule has 0 radical (unpaired) electrons. The Hall–Kier alpha value is -1.60. The van der Waals surface area contributed by atoms with Gasteiger partial charge in [-0.2, -0.15) is 4.98 Å². The standard InChI is InChI=1S/C13H14BrN3O3/c1-2-3-10-16-13(17-20-10)11(15)7-4-8(14)12-9(5-7)18-6-19-12/h4-5,11H,2-3,6,15H2,1H3. The zero-order chi connectivity index (χ0) is 14.1. The number of rotatable bonds is 4. The van der Waals surface area contributed by atoms with E-state index in [2.05, 4.69) is 33.0 Å². The minimum Gasteiger partial charge on any atom is -0.454 e. The zero-order valence-electron chi connectivity index (χ0n) is 10.9. The smallest absolute Gasteiger partial charge is 0.231 e. The topological polar surface area (TPSA) is 83.4 Å². The largest absolute Gasteiger partial charge is 0.454 e. The minimum absolute atomic E-state index is 0.218. The van der Waals surface area contributed by atoms with Crippen molar-refractivity contribution in [2.24, 2.45) is 5.73 Å². The number of aromatic nitrogens is 2. The number of fused-ring (bicyclic) bond motifs is 1. The Morgan fingerprint density at radius 1 is 1.40 bits per heavy atom.